The van der Waals surface area contributed by atoms with Crippen LogP contribution in [0, 0.1) is 6.92 Å². The summed E-state index contributed by atoms with van der Waals surface area (Å²) < 4.78 is 3.82. The van der Waals surface area contributed by atoms with E-state index >= 15 is 0 Å². The number of nitrogens with zero attached hydrogens (tertiary/aromatic N) is 6. The molecule has 2 aromatic rings. The van der Waals surface area contributed by atoms with Crippen LogP contribution in [0.1, 0.15) is 29.3 Å². The molecule has 1 N–H and O–H groups in total. The molecule has 0 aromatic carbocycles. The van der Waals surface area contributed by atoms with E-state index in [9.17, 15) is 4.79 Å². The van der Waals surface area contributed by atoms with Crippen molar-refractivity contribution >= 4 is 11.7 Å². The molecule has 1 amide bonds. The van der Waals surface area contributed by atoms with Gasteiger partial charge in [0.05, 0.1) is 18.8 Å². The van der Waals surface area contributed by atoms with E-state index in [1.165, 1.54) is 5.56 Å². The second kappa shape index (κ2) is 5.16. The summed E-state index contributed by atoms with van der Waals surface area (Å²) in [5.74, 6) is 2.62. The first-order valence-electron chi connectivity index (χ1n) is 7.99. The van der Waals surface area contributed by atoms with E-state index in [1.54, 1.807) is 4.68 Å². The highest BCUT2D eigenvalue weighted by Crippen LogP contribution is 2.28. The molecule has 3 heterocycles. The molecular weight excluding hydrogens is 294 g/mol. The quantitative estimate of drug-likeness (QED) is 0.860. The lowest BCUT2D eigenvalue weighted by Gasteiger charge is -2.32. The second-order valence-electron chi connectivity index (χ2n) is 6.45. The molecule has 0 saturated heterocycles. The molecule has 1 aliphatic heterocycles. The van der Waals surface area contributed by atoms with Crippen molar-refractivity contribution < 1.29 is 4.79 Å². The molecule has 0 fully saturated rings. The lowest BCUT2D eigenvalue weighted by atomic mass is 10.1. The molecule has 0 radical (unpaired) electrons. The van der Waals surface area contributed by atoms with E-state index in [2.05, 4.69) is 20.6 Å². The van der Waals surface area contributed by atoms with Crippen LogP contribution >= 0.6 is 0 Å². The predicted octanol–water partition coefficient (Wildman–Crippen LogP) is 0.261. The number of nitrogens with one attached hydrogen (secondary N) is 1. The third-order valence-corrected chi connectivity index (χ3v) is 4.90. The molecule has 0 bridgehead atoms. The Morgan fingerprint density at radius 1 is 1.26 bits per heavy atom. The molecule has 23 heavy (non-hydrogen) atoms. The van der Waals surface area contributed by atoms with E-state index < -0.39 is 0 Å². The summed E-state index contributed by atoms with van der Waals surface area (Å²) >= 11 is 0. The summed E-state index contributed by atoms with van der Waals surface area (Å²) in [6.45, 7) is 3.13. The largest absolute Gasteiger partial charge is 0.312 e. The van der Waals surface area contributed by atoms with E-state index in [4.69, 9.17) is 0 Å². The van der Waals surface area contributed by atoms with Crippen LogP contribution in [0.15, 0.2) is 0 Å². The predicted molar refractivity (Wildman–Crippen MR) is 83.9 cm³/mol. The van der Waals surface area contributed by atoms with Crippen LogP contribution in [-0.4, -0.2) is 48.4 Å². The molecule has 8 heteroatoms. The summed E-state index contributed by atoms with van der Waals surface area (Å²) in [6, 6.07) is -0.232. The van der Waals surface area contributed by atoms with Gasteiger partial charge in [-0.3, -0.25) is 14.4 Å². The van der Waals surface area contributed by atoms with Crippen LogP contribution in [0.25, 0.3) is 0 Å². The molecule has 122 valence electrons. The number of aryl methyl sites for hydroxylation is 3. The fraction of sp³-hybridized carbons (Fsp3) is 0.600. The Morgan fingerprint density at radius 3 is 2.91 bits per heavy atom. The summed E-state index contributed by atoms with van der Waals surface area (Å²) in [5.41, 5.74) is 2.32. The molecule has 4 rings (SSSR count). The Bertz CT molecular complexity index is 775. The van der Waals surface area contributed by atoms with Gasteiger partial charge in [-0.05, 0) is 33.2 Å². The fourth-order valence-corrected chi connectivity index (χ4v) is 3.58. The lowest BCUT2D eigenvalue weighted by Crippen LogP contribution is -2.48. The molecule has 1 aliphatic carbocycles. The molecule has 0 saturated carbocycles. The van der Waals surface area contributed by atoms with Crippen LogP contribution in [0.4, 0.5) is 5.82 Å². The van der Waals surface area contributed by atoms with Gasteiger partial charge in [0.25, 0.3) is 0 Å². The number of aromatic nitrogens is 5. The van der Waals surface area contributed by atoms with Crippen molar-refractivity contribution in [3.05, 3.63) is 22.9 Å². The average molecular weight is 315 g/mol. The van der Waals surface area contributed by atoms with Crippen molar-refractivity contribution in [3.8, 4) is 0 Å². The first-order valence-corrected chi connectivity index (χ1v) is 7.99. The monoisotopic (exact) mass is 315 g/mol. The summed E-state index contributed by atoms with van der Waals surface area (Å²) in [5, 5.41) is 15.9. The van der Waals surface area contributed by atoms with Crippen LogP contribution < -0.4 is 5.32 Å². The number of likely N-dealkylation sites (N-methyl/N-ethyl adjacent to an activating group) is 1. The maximum absolute atomic E-state index is 12.8. The molecule has 1 atom stereocenters. The van der Waals surface area contributed by atoms with Crippen LogP contribution in [-0.2, 0) is 37.8 Å². The number of rotatable bonds is 2. The number of fused-ring (bicyclic) bond motifs is 2. The highest BCUT2D eigenvalue weighted by Gasteiger charge is 2.32. The second-order valence-corrected chi connectivity index (χ2v) is 6.45. The number of amides is 1. The number of hydrogen-bond donors (Lipinski definition) is 1. The zero-order chi connectivity index (χ0) is 16.1. The Hall–Kier alpha value is -2.22. The third-order valence-electron chi connectivity index (χ3n) is 4.90. The van der Waals surface area contributed by atoms with Gasteiger partial charge in [0.2, 0.25) is 5.91 Å². The topological polar surface area (TPSA) is 80.9 Å². The maximum Gasteiger partial charge on any atom is 0.244 e. The van der Waals surface area contributed by atoms with Crippen molar-refractivity contribution in [3.63, 3.8) is 0 Å². The van der Waals surface area contributed by atoms with Crippen LogP contribution in [0.5, 0.6) is 0 Å². The Kier molecular flexibility index (Phi) is 3.22. The number of anilines is 1. The van der Waals surface area contributed by atoms with Gasteiger partial charge in [0.15, 0.2) is 0 Å². The molecule has 2 aromatic heterocycles. The minimum atomic E-state index is -0.232. The SMILES string of the molecule is Cc1nnc2n1CC(C(=O)Nc1c3c(nn1C)CCC3)N(C)C2. The van der Waals surface area contributed by atoms with Gasteiger partial charge in [0.1, 0.15) is 23.5 Å². The van der Waals surface area contributed by atoms with E-state index in [1.807, 2.05) is 30.5 Å². The van der Waals surface area contributed by atoms with Crippen molar-refractivity contribution in [1.82, 2.24) is 29.4 Å². The van der Waals surface area contributed by atoms with Crippen molar-refractivity contribution in [2.45, 2.75) is 45.3 Å². The van der Waals surface area contributed by atoms with Gasteiger partial charge < -0.3 is 9.88 Å². The Labute approximate surface area is 134 Å². The van der Waals surface area contributed by atoms with E-state index in [-0.39, 0.29) is 11.9 Å². The Morgan fingerprint density at radius 2 is 2.09 bits per heavy atom. The molecule has 1 unspecified atom stereocenters. The fourth-order valence-electron chi connectivity index (χ4n) is 3.58. The summed E-state index contributed by atoms with van der Waals surface area (Å²) in [4.78, 5) is 14.8. The minimum absolute atomic E-state index is 0.00366. The average Bonchev–Trinajstić information content (AvgIpc) is 3.17. The van der Waals surface area contributed by atoms with Gasteiger partial charge in [-0.25, -0.2) is 0 Å². The number of carbonyl (C=O) groups excluding carboxylic acids is 1. The first-order chi connectivity index (χ1) is 11.0. The maximum atomic E-state index is 12.8. The highest BCUT2D eigenvalue weighted by atomic mass is 16.2. The summed E-state index contributed by atoms with van der Waals surface area (Å²) in [7, 11) is 3.84. The van der Waals surface area contributed by atoms with Crippen molar-refractivity contribution in [2.75, 3.05) is 12.4 Å². The van der Waals surface area contributed by atoms with Gasteiger partial charge in [-0.2, -0.15) is 5.10 Å². The van der Waals surface area contributed by atoms with E-state index in [0.29, 0.717) is 13.1 Å². The standard InChI is InChI=1S/C15H21N7O/c1-9-17-18-13-8-20(2)12(7-22(9)13)15(23)16-14-10-5-4-6-11(10)19-21(14)3/h12H,4-8H2,1-3H3,(H,16,23). The molecule has 2 aliphatic rings. The van der Waals surface area contributed by atoms with Gasteiger partial charge in [-0.1, -0.05) is 0 Å². The van der Waals surface area contributed by atoms with Gasteiger partial charge in [0, 0.05) is 12.6 Å². The number of carbonyl (C=O) groups is 1. The Balaban J connectivity index is 1.57. The first kappa shape index (κ1) is 14.4. The highest BCUT2D eigenvalue weighted by molar-refractivity contribution is 5.95. The number of hydrogen-bond acceptors (Lipinski definition) is 5. The zero-order valence-electron chi connectivity index (χ0n) is 13.7. The van der Waals surface area contributed by atoms with Crippen molar-refractivity contribution in [2.24, 2.45) is 7.05 Å². The zero-order valence-corrected chi connectivity index (χ0v) is 13.7. The van der Waals surface area contributed by atoms with Crippen LogP contribution in [0.2, 0.25) is 0 Å². The van der Waals surface area contributed by atoms with Crippen molar-refractivity contribution in [1.29, 1.82) is 0 Å². The summed E-state index contributed by atoms with van der Waals surface area (Å²) in [6.07, 6.45) is 3.12. The lowest BCUT2D eigenvalue weighted by molar-refractivity contribution is -0.122. The molecule has 8 nitrogen and oxygen atoms in total. The smallest absolute Gasteiger partial charge is 0.244 e. The minimum Gasteiger partial charge on any atom is -0.312 e. The molecule has 0 spiro atoms. The van der Waals surface area contributed by atoms with E-state index in [0.717, 1.165) is 42.4 Å². The van der Waals surface area contributed by atoms with Gasteiger partial charge in [-0.15, -0.1) is 10.2 Å². The molecular formula is C15H21N7O. The van der Waals surface area contributed by atoms with Gasteiger partial charge >= 0.3 is 0 Å². The van der Waals surface area contributed by atoms with Crippen LogP contribution in [0.3, 0.4) is 0 Å². The normalized spacial score (nSPS) is 20.4. The third kappa shape index (κ3) is 2.24.